The Kier molecular flexibility index (Phi) is 4.74. The Hall–Kier alpha value is -1.03. The van der Waals surface area contributed by atoms with Crippen LogP contribution in [-0.4, -0.2) is 7.11 Å². The minimum Gasteiger partial charge on any atom is -0.496 e. The monoisotopic (exact) mass is 353 g/mol. The topological polar surface area (TPSA) is 35.2 Å². The highest BCUT2D eigenvalue weighted by atomic mass is 79.9. The van der Waals surface area contributed by atoms with Crippen LogP contribution < -0.4 is 10.5 Å². The molecule has 0 saturated carbocycles. The number of halogens is 2. The standard InChI is InChI=1S/C16H17BrClNO/c1-9-7-15(20-3)10(2)6-12(9)16(19)11-4-5-14(18)13(17)8-11/h4-8,16H,19H2,1-3H3. The lowest BCUT2D eigenvalue weighted by molar-refractivity contribution is 0.411. The van der Waals surface area contributed by atoms with Crippen molar-refractivity contribution in [1.82, 2.24) is 0 Å². The van der Waals surface area contributed by atoms with E-state index in [0.29, 0.717) is 5.02 Å². The number of ether oxygens (including phenoxy) is 1. The van der Waals surface area contributed by atoms with Gasteiger partial charge in [-0.25, -0.2) is 0 Å². The Balaban J connectivity index is 2.45. The lowest BCUT2D eigenvalue weighted by Gasteiger charge is -2.18. The first-order valence-corrected chi connectivity index (χ1v) is 7.46. The summed E-state index contributed by atoms with van der Waals surface area (Å²) in [5.74, 6) is 0.885. The molecule has 0 aliphatic carbocycles. The van der Waals surface area contributed by atoms with Crippen LogP contribution in [0.5, 0.6) is 5.75 Å². The van der Waals surface area contributed by atoms with E-state index < -0.39 is 0 Å². The highest BCUT2D eigenvalue weighted by molar-refractivity contribution is 9.10. The zero-order valence-electron chi connectivity index (χ0n) is 11.7. The van der Waals surface area contributed by atoms with Gasteiger partial charge in [-0.2, -0.15) is 0 Å². The van der Waals surface area contributed by atoms with E-state index in [0.717, 1.165) is 32.5 Å². The van der Waals surface area contributed by atoms with Crippen molar-refractivity contribution in [1.29, 1.82) is 0 Å². The Morgan fingerprint density at radius 3 is 2.45 bits per heavy atom. The summed E-state index contributed by atoms with van der Waals surface area (Å²) in [4.78, 5) is 0. The molecule has 2 nitrogen and oxygen atoms in total. The first-order valence-electron chi connectivity index (χ1n) is 6.29. The molecule has 2 aromatic carbocycles. The van der Waals surface area contributed by atoms with Gasteiger partial charge < -0.3 is 10.5 Å². The van der Waals surface area contributed by atoms with Gasteiger partial charge in [0, 0.05) is 4.47 Å². The fourth-order valence-corrected chi connectivity index (χ4v) is 2.77. The van der Waals surface area contributed by atoms with Gasteiger partial charge in [0.25, 0.3) is 0 Å². The molecule has 0 saturated heterocycles. The number of hydrogen-bond donors (Lipinski definition) is 1. The maximum Gasteiger partial charge on any atom is 0.122 e. The van der Waals surface area contributed by atoms with Crippen molar-refractivity contribution in [3.05, 3.63) is 62.1 Å². The minimum absolute atomic E-state index is 0.187. The van der Waals surface area contributed by atoms with E-state index in [9.17, 15) is 0 Å². The predicted molar refractivity (Wildman–Crippen MR) is 87.7 cm³/mol. The Morgan fingerprint density at radius 1 is 1.15 bits per heavy atom. The first-order chi connectivity index (χ1) is 9.43. The SMILES string of the molecule is COc1cc(C)c(C(N)c2ccc(Cl)c(Br)c2)cc1C. The van der Waals surface area contributed by atoms with Gasteiger partial charge in [-0.05, 0) is 70.2 Å². The largest absolute Gasteiger partial charge is 0.496 e. The number of nitrogens with two attached hydrogens (primary N) is 1. The van der Waals surface area contributed by atoms with Crippen LogP contribution in [0.2, 0.25) is 5.02 Å². The molecule has 2 rings (SSSR count). The number of aryl methyl sites for hydroxylation is 2. The first kappa shape index (κ1) is 15.4. The minimum atomic E-state index is -0.187. The molecule has 0 aromatic heterocycles. The maximum absolute atomic E-state index is 6.39. The van der Waals surface area contributed by atoms with Crippen molar-refractivity contribution in [2.24, 2.45) is 5.73 Å². The fraction of sp³-hybridized carbons (Fsp3) is 0.250. The Labute approximate surface area is 133 Å². The molecule has 4 heteroatoms. The van der Waals surface area contributed by atoms with Crippen LogP contribution >= 0.6 is 27.5 Å². The average molecular weight is 355 g/mol. The van der Waals surface area contributed by atoms with Gasteiger partial charge in [-0.3, -0.25) is 0 Å². The van der Waals surface area contributed by atoms with Gasteiger partial charge >= 0.3 is 0 Å². The third-order valence-corrected chi connectivity index (χ3v) is 4.64. The Bertz CT molecular complexity index is 643. The van der Waals surface area contributed by atoms with Gasteiger partial charge in [0.2, 0.25) is 0 Å². The molecule has 0 radical (unpaired) electrons. The number of rotatable bonds is 3. The third kappa shape index (κ3) is 3.00. The fourth-order valence-electron chi connectivity index (χ4n) is 2.25. The molecule has 0 aliphatic heterocycles. The van der Waals surface area contributed by atoms with Gasteiger partial charge in [0.15, 0.2) is 0 Å². The lowest BCUT2D eigenvalue weighted by Crippen LogP contribution is -2.13. The van der Waals surface area contributed by atoms with Crippen molar-refractivity contribution >= 4 is 27.5 Å². The lowest BCUT2D eigenvalue weighted by atomic mass is 9.94. The highest BCUT2D eigenvalue weighted by Gasteiger charge is 2.14. The Morgan fingerprint density at radius 2 is 1.85 bits per heavy atom. The second-order valence-electron chi connectivity index (χ2n) is 4.83. The maximum atomic E-state index is 6.39. The normalized spacial score (nSPS) is 12.3. The number of benzene rings is 2. The summed E-state index contributed by atoms with van der Waals surface area (Å²) in [6.45, 7) is 4.06. The molecule has 2 aromatic rings. The van der Waals surface area contributed by atoms with E-state index in [-0.39, 0.29) is 6.04 Å². The van der Waals surface area contributed by atoms with Crippen LogP contribution in [0.4, 0.5) is 0 Å². The van der Waals surface area contributed by atoms with Crippen LogP contribution in [0.1, 0.15) is 28.3 Å². The van der Waals surface area contributed by atoms with E-state index >= 15 is 0 Å². The van der Waals surface area contributed by atoms with E-state index in [1.54, 1.807) is 7.11 Å². The molecule has 0 fully saturated rings. The summed E-state index contributed by atoms with van der Waals surface area (Å²) in [6.07, 6.45) is 0. The van der Waals surface area contributed by atoms with Crippen LogP contribution in [0.25, 0.3) is 0 Å². The van der Waals surface area contributed by atoms with Crippen molar-refractivity contribution in [2.75, 3.05) is 7.11 Å². The van der Waals surface area contributed by atoms with Gasteiger partial charge in [0.05, 0.1) is 18.2 Å². The molecule has 1 atom stereocenters. The molecule has 0 heterocycles. The summed E-state index contributed by atoms with van der Waals surface area (Å²) in [7, 11) is 1.68. The molecular formula is C16H17BrClNO. The summed E-state index contributed by atoms with van der Waals surface area (Å²) >= 11 is 9.46. The van der Waals surface area contributed by atoms with Crippen molar-refractivity contribution < 1.29 is 4.74 Å². The van der Waals surface area contributed by atoms with E-state index in [1.807, 2.05) is 38.1 Å². The average Bonchev–Trinajstić information content (AvgIpc) is 2.43. The number of hydrogen-bond acceptors (Lipinski definition) is 2. The summed E-state index contributed by atoms with van der Waals surface area (Å²) in [5, 5.41) is 0.684. The summed E-state index contributed by atoms with van der Waals surface area (Å²) in [6, 6.07) is 9.69. The zero-order valence-corrected chi connectivity index (χ0v) is 14.0. The van der Waals surface area contributed by atoms with Crippen LogP contribution in [0.15, 0.2) is 34.8 Å². The summed E-state index contributed by atoms with van der Waals surface area (Å²) in [5.41, 5.74) is 10.7. The highest BCUT2D eigenvalue weighted by Crippen LogP contribution is 2.31. The van der Waals surface area contributed by atoms with Crippen molar-refractivity contribution in [3.63, 3.8) is 0 Å². The molecule has 0 aliphatic rings. The molecule has 1 unspecified atom stereocenters. The third-order valence-electron chi connectivity index (χ3n) is 3.42. The van der Waals surface area contributed by atoms with Gasteiger partial charge in [-0.15, -0.1) is 0 Å². The molecule has 0 amide bonds. The van der Waals surface area contributed by atoms with E-state index in [1.165, 1.54) is 0 Å². The molecule has 0 bridgehead atoms. The zero-order chi connectivity index (χ0) is 14.9. The smallest absolute Gasteiger partial charge is 0.122 e. The van der Waals surface area contributed by atoms with E-state index in [4.69, 9.17) is 22.1 Å². The quantitative estimate of drug-likeness (QED) is 0.861. The van der Waals surface area contributed by atoms with Gasteiger partial charge in [-0.1, -0.05) is 23.7 Å². The second kappa shape index (κ2) is 6.17. The van der Waals surface area contributed by atoms with Crippen LogP contribution in [0, 0.1) is 13.8 Å². The predicted octanol–water partition coefficient (Wildman–Crippen LogP) is 4.78. The van der Waals surface area contributed by atoms with E-state index in [2.05, 4.69) is 22.0 Å². The second-order valence-corrected chi connectivity index (χ2v) is 6.09. The summed E-state index contributed by atoms with van der Waals surface area (Å²) < 4.78 is 6.19. The molecular weight excluding hydrogens is 338 g/mol. The molecule has 0 spiro atoms. The number of methoxy groups -OCH3 is 1. The van der Waals surface area contributed by atoms with Crippen molar-refractivity contribution in [2.45, 2.75) is 19.9 Å². The van der Waals surface area contributed by atoms with Crippen LogP contribution in [0.3, 0.4) is 0 Å². The molecule has 20 heavy (non-hydrogen) atoms. The van der Waals surface area contributed by atoms with Crippen LogP contribution in [-0.2, 0) is 0 Å². The van der Waals surface area contributed by atoms with Gasteiger partial charge in [0.1, 0.15) is 5.75 Å². The van der Waals surface area contributed by atoms with Crippen molar-refractivity contribution in [3.8, 4) is 5.75 Å². The molecule has 2 N–H and O–H groups in total. The molecule has 106 valence electrons.